The van der Waals surface area contributed by atoms with Gasteiger partial charge in [0.15, 0.2) is 0 Å². The van der Waals surface area contributed by atoms with Gasteiger partial charge < -0.3 is 5.32 Å². The lowest BCUT2D eigenvalue weighted by Crippen LogP contribution is -2.23. The number of thiophene rings is 1. The number of hydrogen-bond donors (Lipinski definition) is 1. The molecule has 1 aliphatic rings. The van der Waals surface area contributed by atoms with E-state index in [0.717, 1.165) is 18.4 Å². The second kappa shape index (κ2) is 4.45. The maximum atomic E-state index is 3.67. The van der Waals surface area contributed by atoms with Crippen molar-refractivity contribution >= 4 is 11.3 Å². The van der Waals surface area contributed by atoms with Gasteiger partial charge in [-0.05, 0) is 53.6 Å². The summed E-state index contributed by atoms with van der Waals surface area (Å²) in [6, 6.07) is 2.89. The highest BCUT2D eigenvalue weighted by atomic mass is 32.1. The van der Waals surface area contributed by atoms with Crippen molar-refractivity contribution in [3.8, 4) is 0 Å². The number of nitrogens with one attached hydrogen (secondary N) is 1. The van der Waals surface area contributed by atoms with Crippen molar-refractivity contribution in [1.82, 2.24) is 5.32 Å². The summed E-state index contributed by atoms with van der Waals surface area (Å²) >= 11 is 1.81. The van der Waals surface area contributed by atoms with E-state index in [4.69, 9.17) is 0 Å². The highest BCUT2D eigenvalue weighted by Gasteiger charge is 2.39. The first kappa shape index (κ1) is 10.2. The van der Waals surface area contributed by atoms with E-state index < -0.39 is 0 Å². The summed E-state index contributed by atoms with van der Waals surface area (Å²) in [7, 11) is 0. The lowest BCUT2D eigenvalue weighted by Gasteiger charge is -2.17. The van der Waals surface area contributed by atoms with E-state index in [1.807, 2.05) is 11.3 Å². The summed E-state index contributed by atoms with van der Waals surface area (Å²) < 4.78 is 0. The van der Waals surface area contributed by atoms with Gasteiger partial charge in [0.05, 0.1) is 0 Å². The molecular weight excluding hydrogens is 190 g/mol. The van der Waals surface area contributed by atoms with E-state index in [1.165, 1.54) is 18.4 Å². The molecule has 78 valence electrons. The molecule has 1 aromatic heterocycles. The summed E-state index contributed by atoms with van der Waals surface area (Å²) in [5.74, 6) is 1.81. The second-order valence-corrected chi connectivity index (χ2v) is 5.15. The van der Waals surface area contributed by atoms with Crippen LogP contribution in [-0.2, 0) is 0 Å². The summed E-state index contributed by atoms with van der Waals surface area (Å²) in [6.07, 6.45) is 2.62. The first-order valence-corrected chi connectivity index (χ1v) is 6.52. The van der Waals surface area contributed by atoms with Crippen molar-refractivity contribution in [2.45, 2.75) is 32.7 Å². The minimum Gasteiger partial charge on any atom is -0.310 e. The monoisotopic (exact) mass is 209 g/mol. The zero-order valence-corrected chi connectivity index (χ0v) is 9.81. The molecule has 1 aromatic rings. The zero-order valence-electron chi connectivity index (χ0n) is 8.99. The Kier molecular flexibility index (Phi) is 3.24. The lowest BCUT2D eigenvalue weighted by molar-refractivity contribution is 0.464. The van der Waals surface area contributed by atoms with E-state index in [2.05, 4.69) is 36.0 Å². The highest BCUT2D eigenvalue weighted by Crippen LogP contribution is 2.47. The molecule has 1 heterocycles. The van der Waals surface area contributed by atoms with E-state index in [0.29, 0.717) is 6.04 Å². The third-order valence-corrected chi connectivity index (χ3v) is 3.82. The molecule has 0 amide bonds. The van der Waals surface area contributed by atoms with Crippen LogP contribution in [0.1, 0.15) is 38.3 Å². The van der Waals surface area contributed by atoms with Crippen LogP contribution in [-0.4, -0.2) is 6.54 Å². The van der Waals surface area contributed by atoms with Gasteiger partial charge in [0.1, 0.15) is 0 Å². The van der Waals surface area contributed by atoms with Gasteiger partial charge >= 0.3 is 0 Å². The van der Waals surface area contributed by atoms with Crippen LogP contribution in [0.5, 0.6) is 0 Å². The Labute approximate surface area is 90.5 Å². The Morgan fingerprint density at radius 1 is 1.64 bits per heavy atom. The Hall–Kier alpha value is -0.340. The molecule has 3 unspecified atom stereocenters. The van der Waals surface area contributed by atoms with Crippen molar-refractivity contribution < 1.29 is 0 Å². The van der Waals surface area contributed by atoms with Crippen LogP contribution in [0.3, 0.4) is 0 Å². The van der Waals surface area contributed by atoms with Gasteiger partial charge in [-0.2, -0.15) is 11.3 Å². The van der Waals surface area contributed by atoms with E-state index in [1.54, 1.807) is 0 Å². The Balaban J connectivity index is 1.99. The van der Waals surface area contributed by atoms with Gasteiger partial charge in [-0.3, -0.25) is 0 Å². The maximum Gasteiger partial charge on any atom is 0.0359 e. The molecule has 1 fully saturated rings. The normalized spacial score (nSPS) is 27.6. The minimum atomic E-state index is 0.621. The molecule has 0 aliphatic heterocycles. The van der Waals surface area contributed by atoms with Gasteiger partial charge in [-0.25, -0.2) is 0 Å². The third kappa shape index (κ3) is 2.18. The standard InChI is InChI=1S/C12H19NS/c1-3-5-13-12(11-7-9(11)2)10-4-6-14-8-10/h4,6,8-9,11-13H,3,5,7H2,1-2H3. The summed E-state index contributed by atoms with van der Waals surface area (Å²) in [5, 5.41) is 8.14. The smallest absolute Gasteiger partial charge is 0.0359 e. The molecule has 0 radical (unpaired) electrons. The van der Waals surface area contributed by atoms with Crippen LogP contribution in [0, 0.1) is 11.8 Å². The lowest BCUT2D eigenvalue weighted by atomic mass is 10.0. The van der Waals surface area contributed by atoms with E-state index in [9.17, 15) is 0 Å². The van der Waals surface area contributed by atoms with Crippen LogP contribution in [0.25, 0.3) is 0 Å². The van der Waals surface area contributed by atoms with E-state index in [-0.39, 0.29) is 0 Å². The largest absolute Gasteiger partial charge is 0.310 e. The first-order chi connectivity index (χ1) is 6.83. The molecule has 3 atom stereocenters. The van der Waals surface area contributed by atoms with Crippen LogP contribution >= 0.6 is 11.3 Å². The van der Waals surface area contributed by atoms with Crippen LogP contribution in [0.2, 0.25) is 0 Å². The van der Waals surface area contributed by atoms with Crippen LogP contribution < -0.4 is 5.32 Å². The Bertz CT molecular complexity index is 268. The highest BCUT2D eigenvalue weighted by molar-refractivity contribution is 7.07. The fourth-order valence-corrected chi connectivity index (χ4v) is 2.78. The zero-order chi connectivity index (χ0) is 9.97. The first-order valence-electron chi connectivity index (χ1n) is 5.58. The van der Waals surface area contributed by atoms with Crippen molar-refractivity contribution in [3.05, 3.63) is 22.4 Å². The predicted octanol–water partition coefficient (Wildman–Crippen LogP) is 3.44. The van der Waals surface area contributed by atoms with Gasteiger partial charge in [0.25, 0.3) is 0 Å². The quantitative estimate of drug-likeness (QED) is 0.783. The summed E-state index contributed by atoms with van der Waals surface area (Å²) in [6.45, 7) is 5.73. The molecule has 0 saturated heterocycles. The molecule has 2 rings (SSSR count). The SMILES string of the molecule is CCCNC(c1ccsc1)C1CC1C. The average Bonchev–Trinajstić information content (AvgIpc) is 2.71. The molecule has 1 N–H and O–H groups in total. The second-order valence-electron chi connectivity index (χ2n) is 4.37. The topological polar surface area (TPSA) is 12.0 Å². The van der Waals surface area contributed by atoms with Crippen molar-refractivity contribution in [1.29, 1.82) is 0 Å². The van der Waals surface area contributed by atoms with Gasteiger partial charge in [0.2, 0.25) is 0 Å². The maximum absolute atomic E-state index is 3.67. The molecule has 2 heteroatoms. The fourth-order valence-electron chi connectivity index (χ4n) is 2.08. The van der Waals surface area contributed by atoms with Crippen molar-refractivity contribution in [3.63, 3.8) is 0 Å². The molecule has 1 nitrogen and oxygen atoms in total. The summed E-state index contributed by atoms with van der Waals surface area (Å²) in [5.41, 5.74) is 1.50. The molecule has 14 heavy (non-hydrogen) atoms. The van der Waals surface area contributed by atoms with Gasteiger partial charge in [-0.1, -0.05) is 13.8 Å². The third-order valence-electron chi connectivity index (χ3n) is 3.12. The minimum absolute atomic E-state index is 0.621. The predicted molar refractivity (Wildman–Crippen MR) is 62.6 cm³/mol. The van der Waals surface area contributed by atoms with Gasteiger partial charge in [-0.15, -0.1) is 0 Å². The van der Waals surface area contributed by atoms with Crippen LogP contribution in [0.15, 0.2) is 16.8 Å². The number of hydrogen-bond acceptors (Lipinski definition) is 2. The Morgan fingerprint density at radius 2 is 2.43 bits per heavy atom. The van der Waals surface area contributed by atoms with Crippen LogP contribution in [0.4, 0.5) is 0 Å². The average molecular weight is 209 g/mol. The van der Waals surface area contributed by atoms with Gasteiger partial charge in [0, 0.05) is 6.04 Å². The van der Waals surface area contributed by atoms with E-state index >= 15 is 0 Å². The molecular formula is C12H19NS. The molecule has 1 aliphatic carbocycles. The molecule has 1 saturated carbocycles. The molecule has 0 aromatic carbocycles. The molecule has 0 spiro atoms. The van der Waals surface area contributed by atoms with Crippen molar-refractivity contribution in [2.24, 2.45) is 11.8 Å². The fraction of sp³-hybridized carbons (Fsp3) is 0.667. The summed E-state index contributed by atoms with van der Waals surface area (Å²) in [4.78, 5) is 0. The number of rotatable bonds is 5. The Morgan fingerprint density at radius 3 is 2.93 bits per heavy atom. The molecule has 0 bridgehead atoms. The van der Waals surface area contributed by atoms with Crippen molar-refractivity contribution in [2.75, 3.05) is 6.54 Å².